The van der Waals surface area contributed by atoms with Crippen molar-refractivity contribution in [3.63, 3.8) is 0 Å². The lowest BCUT2D eigenvalue weighted by atomic mass is 9.88. The normalized spacial score (nSPS) is 11.5. The molecule has 2 nitrogen and oxygen atoms in total. The van der Waals surface area contributed by atoms with Crippen molar-refractivity contribution in [2.24, 2.45) is 4.99 Å². The molecule has 1 aromatic heterocycles. The first-order valence-corrected chi connectivity index (χ1v) is 16.6. The lowest BCUT2D eigenvalue weighted by Crippen LogP contribution is -1.92. The van der Waals surface area contributed by atoms with Crippen molar-refractivity contribution in [1.82, 2.24) is 4.98 Å². The fourth-order valence-corrected chi connectivity index (χ4v) is 6.34. The molecule has 2 heteroatoms. The van der Waals surface area contributed by atoms with Gasteiger partial charge >= 0.3 is 0 Å². The van der Waals surface area contributed by atoms with Crippen LogP contribution in [0.25, 0.3) is 60.1 Å². The summed E-state index contributed by atoms with van der Waals surface area (Å²) in [5, 5.41) is 7.44. The number of H-pyrrole nitrogens is 1. The van der Waals surface area contributed by atoms with E-state index in [4.69, 9.17) is 4.99 Å². The first-order chi connectivity index (χ1) is 22.8. The minimum Gasteiger partial charge on any atom is -0.354 e. The van der Waals surface area contributed by atoms with E-state index >= 15 is 0 Å². The Bertz CT molecular complexity index is 2240. The highest BCUT2D eigenvalue weighted by Crippen LogP contribution is 2.44. The summed E-state index contributed by atoms with van der Waals surface area (Å²) in [5.74, 6) is 0. The van der Waals surface area contributed by atoms with Crippen LogP contribution in [-0.4, -0.2) is 11.2 Å². The second kappa shape index (κ2) is 14.9. The molecular weight excluding hydrogens is 569 g/mol. The molecule has 0 spiro atoms. The van der Waals surface area contributed by atoms with Crippen molar-refractivity contribution in [3.05, 3.63) is 144 Å². The SMILES string of the molecule is C/C(=C\C=Nc1c(C)c(-c2ccccc2C)cc2ccc3c4[nH]c5ccccc5c4cc(C)c3c12)c1ccccc1.C=CC.CCC. The smallest absolute Gasteiger partial charge is 0.0749 e. The third-order valence-electron chi connectivity index (χ3n) is 8.50. The van der Waals surface area contributed by atoms with Crippen LogP contribution >= 0.6 is 0 Å². The Kier molecular flexibility index (Phi) is 10.5. The Morgan fingerprint density at radius 1 is 0.723 bits per heavy atom. The lowest BCUT2D eigenvalue weighted by Gasteiger charge is -2.17. The number of aryl methyl sites for hydroxylation is 2. The van der Waals surface area contributed by atoms with Gasteiger partial charge in [-0.15, -0.1) is 6.58 Å². The molecule has 47 heavy (non-hydrogen) atoms. The zero-order valence-electron chi connectivity index (χ0n) is 28.9. The van der Waals surface area contributed by atoms with Crippen LogP contribution in [0.5, 0.6) is 0 Å². The molecule has 0 aliphatic heterocycles. The molecule has 0 atom stereocenters. The summed E-state index contributed by atoms with van der Waals surface area (Å²) >= 11 is 0. The summed E-state index contributed by atoms with van der Waals surface area (Å²) in [6, 6.07) is 36.9. The first-order valence-electron chi connectivity index (χ1n) is 16.6. The molecule has 1 heterocycles. The third kappa shape index (κ3) is 6.69. The molecule has 0 fully saturated rings. The number of aliphatic imine (C=N–C) groups is 1. The van der Waals surface area contributed by atoms with Crippen LogP contribution in [0.4, 0.5) is 5.69 Å². The van der Waals surface area contributed by atoms with Gasteiger partial charge in [-0.2, -0.15) is 0 Å². The molecule has 7 rings (SSSR count). The standard InChI is InChI=1S/C39H32N2.C3H8.C3H6/c1-24(28-13-6-5-7-14-28)20-21-40-38-27(4)33(30-15-9-8-12-25(30)2)23-29-18-19-32-36(37(29)38)26(3)22-34-31-16-10-11-17-35(31)41-39(32)34;2*1-3-2/h5-23,41H,1-4H3;3H2,1-2H3;3H,1H2,2H3/b24-20+,40-21?;;. The monoisotopic (exact) mass is 614 g/mol. The van der Waals surface area contributed by atoms with Crippen molar-refractivity contribution in [2.75, 3.05) is 0 Å². The van der Waals surface area contributed by atoms with Gasteiger partial charge in [0.2, 0.25) is 0 Å². The summed E-state index contributed by atoms with van der Waals surface area (Å²) in [5.41, 5.74) is 12.0. The maximum absolute atomic E-state index is 5.22. The molecule has 0 amide bonds. The zero-order chi connectivity index (χ0) is 33.5. The highest BCUT2D eigenvalue weighted by atomic mass is 14.7. The minimum atomic E-state index is 1.03. The Hall–Kier alpha value is -5.21. The average molecular weight is 615 g/mol. The predicted octanol–water partition coefficient (Wildman–Crippen LogP) is 13.6. The number of para-hydroxylation sites is 1. The number of hydrogen-bond acceptors (Lipinski definition) is 1. The first kappa shape index (κ1) is 33.2. The summed E-state index contributed by atoms with van der Waals surface area (Å²) < 4.78 is 0. The van der Waals surface area contributed by atoms with Gasteiger partial charge in [0.15, 0.2) is 0 Å². The minimum absolute atomic E-state index is 1.03. The van der Waals surface area contributed by atoms with E-state index in [0.29, 0.717) is 0 Å². The number of hydrogen-bond donors (Lipinski definition) is 1. The van der Waals surface area contributed by atoms with Gasteiger partial charge in [0.1, 0.15) is 0 Å². The van der Waals surface area contributed by atoms with Crippen LogP contribution in [0.1, 0.15) is 56.4 Å². The Morgan fingerprint density at radius 2 is 1.38 bits per heavy atom. The molecule has 0 aliphatic carbocycles. The fourth-order valence-electron chi connectivity index (χ4n) is 6.34. The van der Waals surface area contributed by atoms with Crippen LogP contribution in [0.15, 0.2) is 127 Å². The van der Waals surface area contributed by atoms with E-state index in [2.05, 4.69) is 162 Å². The fraction of sp³-hybridized carbons (Fsp3) is 0.178. The molecular formula is C45H46N2. The van der Waals surface area contributed by atoms with E-state index in [9.17, 15) is 0 Å². The van der Waals surface area contributed by atoms with E-state index in [1.807, 2.05) is 13.1 Å². The van der Waals surface area contributed by atoms with E-state index in [1.54, 1.807) is 6.08 Å². The number of fused-ring (bicyclic) bond motifs is 7. The van der Waals surface area contributed by atoms with Gasteiger partial charge in [0, 0.05) is 33.3 Å². The number of allylic oxidation sites excluding steroid dienone is 3. The van der Waals surface area contributed by atoms with Crippen LogP contribution in [0.2, 0.25) is 0 Å². The maximum Gasteiger partial charge on any atom is 0.0749 e. The van der Waals surface area contributed by atoms with Gasteiger partial charge < -0.3 is 4.98 Å². The van der Waals surface area contributed by atoms with Gasteiger partial charge in [0.05, 0.1) is 11.2 Å². The quantitative estimate of drug-likeness (QED) is 0.116. The van der Waals surface area contributed by atoms with E-state index < -0.39 is 0 Å². The van der Waals surface area contributed by atoms with E-state index in [-0.39, 0.29) is 0 Å². The van der Waals surface area contributed by atoms with Crippen LogP contribution in [-0.2, 0) is 0 Å². The largest absolute Gasteiger partial charge is 0.354 e. The number of rotatable bonds is 4. The molecule has 0 aliphatic rings. The molecule has 7 aromatic rings. The Balaban J connectivity index is 0.000000674. The van der Waals surface area contributed by atoms with Crippen LogP contribution in [0, 0.1) is 20.8 Å². The third-order valence-corrected chi connectivity index (χ3v) is 8.50. The molecule has 0 saturated heterocycles. The molecule has 1 N–H and O–H groups in total. The highest BCUT2D eigenvalue weighted by Gasteiger charge is 2.18. The summed E-state index contributed by atoms with van der Waals surface area (Å²) in [6.07, 6.45) is 7.09. The van der Waals surface area contributed by atoms with Crippen molar-refractivity contribution in [1.29, 1.82) is 0 Å². The van der Waals surface area contributed by atoms with E-state index in [1.165, 1.54) is 88.7 Å². The summed E-state index contributed by atoms with van der Waals surface area (Å²) in [7, 11) is 0. The average Bonchev–Trinajstić information content (AvgIpc) is 3.45. The van der Waals surface area contributed by atoms with Gasteiger partial charge in [-0.25, -0.2) is 0 Å². The van der Waals surface area contributed by atoms with Crippen molar-refractivity contribution in [3.8, 4) is 11.1 Å². The number of benzene rings is 6. The van der Waals surface area contributed by atoms with E-state index in [0.717, 1.165) is 5.69 Å². The molecule has 0 saturated carbocycles. The second-order valence-electron chi connectivity index (χ2n) is 12.2. The Labute approximate surface area is 280 Å². The van der Waals surface area contributed by atoms with Crippen molar-refractivity contribution in [2.45, 2.75) is 54.9 Å². The van der Waals surface area contributed by atoms with Gasteiger partial charge in [-0.05, 0) is 109 Å². The number of aromatic amines is 1. The molecule has 0 unspecified atom stereocenters. The van der Waals surface area contributed by atoms with Crippen molar-refractivity contribution >= 4 is 60.8 Å². The lowest BCUT2D eigenvalue weighted by molar-refractivity contribution is 1.09. The van der Waals surface area contributed by atoms with Crippen LogP contribution in [0.3, 0.4) is 0 Å². The summed E-state index contributed by atoms with van der Waals surface area (Å²) in [4.78, 5) is 8.94. The number of nitrogens with one attached hydrogen (secondary N) is 1. The van der Waals surface area contributed by atoms with Crippen LogP contribution < -0.4 is 0 Å². The number of aromatic nitrogens is 1. The summed E-state index contributed by atoms with van der Waals surface area (Å²) in [6.45, 7) is 18.3. The topological polar surface area (TPSA) is 28.1 Å². The van der Waals surface area contributed by atoms with Gasteiger partial charge in [0.25, 0.3) is 0 Å². The molecule has 6 aromatic carbocycles. The second-order valence-corrected chi connectivity index (χ2v) is 12.2. The Morgan fingerprint density at radius 3 is 2.11 bits per heavy atom. The highest BCUT2D eigenvalue weighted by molar-refractivity contribution is 6.25. The maximum atomic E-state index is 5.22. The number of nitrogens with zero attached hydrogens (tertiary/aromatic N) is 1. The molecule has 0 radical (unpaired) electrons. The predicted molar refractivity (Wildman–Crippen MR) is 211 cm³/mol. The van der Waals surface area contributed by atoms with Gasteiger partial charge in [-0.1, -0.05) is 111 Å². The van der Waals surface area contributed by atoms with Crippen molar-refractivity contribution < 1.29 is 0 Å². The zero-order valence-corrected chi connectivity index (χ0v) is 28.9. The van der Waals surface area contributed by atoms with Gasteiger partial charge in [-0.3, -0.25) is 4.99 Å². The molecule has 236 valence electrons. The molecule has 0 bridgehead atoms.